The van der Waals surface area contributed by atoms with Crippen LogP contribution in [0.5, 0.6) is 11.5 Å². The van der Waals surface area contributed by atoms with Crippen LogP contribution < -0.4 is 9.47 Å². The van der Waals surface area contributed by atoms with E-state index in [9.17, 15) is 4.79 Å². The van der Waals surface area contributed by atoms with Gasteiger partial charge in [0.2, 0.25) is 0 Å². The van der Waals surface area contributed by atoms with E-state index in [1.165, 1.54) is 0 Å². The van der Waals surface area contributed by atoms with Crippen molar-refractivity contribution in [3.8, 4) is 11.5 Å². The number of ether oxygens (including phenoxy) is 4. The summed E-state index contributed by atoms with van der Waals surface area (Å²) in [6.07, 6.45) is 0. The summed E-state index contributed by atoms with van der Waals surface area (Å²) >= 11 is 0. The van der Waals surface area contributed by atoms with Crippen LogP contribution in [0.15, 0.2) is 18.2 Å². The minimum atomic E-state index is -1.14. The topological polar surface area (TPSA) is 57.2 Å². The molecule has 0 atom stereocenters. The van der Waals surface area contributed by atoms with Crippen molar-refractivity contribution in [2.75, 3.05) is 39.9 Å². The van der Waals surface area contributed by atoms with Crippen molar-refractivity contribution in [3.05, 3.63) is 23.8 Å². The maximum atomic E-state index is 13.0. The highest BCUT2D eigenvalue weighted by Gasteiger charge is 2.19. The second-order valence-corrected chi connectivity index (χ2v) is 21.3. The molecule has 1 aromatic rings. The summed E-state index contributed by atoms with van der Waals surface area (Å²) in [6.45, 7) is 20.7. The molecule has 6 nitrogen and oxygen atoms in total. The van der Waals surface area contributed by atoms with E-state index in [-0.39, 0.29) is 19.5 Å². The molecule has 1 amide bonds. The van der Waals surface area contributed by atoms with Crippen LogP contribution in [0.4, 0.5) is 0 Å². The molecule has 0 bridgehead atoms. The Kier molecular flexibility index (Phi) is 11.8. The molecule has 1 rings (SSSR count). The van der Waals surface area contributed by atoms with E-state index in [1.807, 2.05) is 13.8 Å². The van der Waals surface area contributed by atoms with Crippen LogP contribution in [0.2, 0.25) is 51.4 Å². The van der Waals surface area contributed by atoms with Crippen molar-refractivity contribution in [2.45, 2.75) is 65.2 Å². The molecular formula is C23H43NO5Si2. The summed E-state index contributed by atoms with van der Waals surface area (Å²) in [4.78, 5) is 14.8. The van der Waals surface area contributed by atoms with Crippen LogP contribution in [0.25, 0.3) is 0 Å². The number of hydrogen-bond acceptors (Lipinski definition) is 5. The number of nitrogens with zero attached hydrogens (tertiary/aromatic N) is 1. The van der Waals surface area contributed by atoms with E-state index >= 15 is 0 Å². The zero-order valence-corrected chi connectivity index (χ0v) is 22.9. The molecule has 0 aromatic heterocycles. The van der Waals surface area contributed by atoms with E-state index in [0.29, 0.717) is 43.4 Å². The molecule has 0 saturated heterocycles. The number of benzene rings is 1. The highest BCUT2D eigenvalue weighted by molar-refractivity contribution is 6.76. The number of rotatable bonds is 15. The van der Waals surface area contributed by atoms with Crippen LogP contribution in [0.1, 0.15) is 24.2 Å². The fourth-order valence-corrected chi connectivity index (χ4v) is 4.18. The van der Waals surface area contributed by atoms with Gasteiger partial charge in [-0.25, -0.2) is 0 Å². The predicted octanol–water partition coefficient (Wildman–Crippen LogP) is 5.55. The molecule has 0 aliphatic heterocycles. The van der Waals surface area contributed by atoms with E-state index in [1.54, 1.807) is 23.1 Å². The van der Waals surface area contributed by atoms with Gasteiger partial charge in [0.1, 0.15) is 11.5 Å². The Hall–Kier alpha value is -1.36. The zero-order chi connectivity index (χ0) is 23.5. The Morgan fingerprint density at radius 2 is 1.35 bits per heavy atom. The Bertz CT molecular complexity index is 667. The van der Waals surface area contributed by atoms with Crippen molar-refractivity contribution >= 4 is 22.1 Å². The molecule has 8 heteroatoms. The van der Waals surface area contributed by atoms with Gasteiger partial charge in [0, 0.05) is 42.5 Å². The molecule has 0 spiro atoms. The molecule has 1 aromatic carbocycles. The van der Waals surface area contributed by atoms with Gasteiger partial charge in [0.25, 0.3) is 5.91 Å². The molecule has 178 valence electrons. The average molecular weight is 470 g/mol. The van der Waals surface area contributed by atoms with Crippen LogP contribution >= 0.6 is 0 Å². The van der Waals surface area contributed by atoms with Gasteiger partial charge >= 0.3 is 0 Å². The van der Waals surface area contributed by atoms with Gasteiger partial charge in [-0.2, -0.15) is 0 Å². The molecular weight excluding hydrogens is 426 g/mol. The second-order valence-electron chi connectivity index (χ2n) is 10.1. The Labute approximate surface area is 191 Å². The van der Waals surface area contributed by atoms with E-state index in [2.05, 4.69) is 39.3 Å². The first-order chi connectivity index (χ1) is 14.5. The molecule has 0 fully saturated rings. The summed E-state index contributed by atoms with van der Waals surface area (Å²) in [7, 11) is -2.27. The van der Waals surface area contributed by atoms with Gasteiger partial charge < -0.3 is 23.8 Å². The first-order valence-corrected chi connectivity index (χ1v) is 18.7. The lowest BCUT2D eigenvalue weighted by Crippen LogP contribution is -2.31. The van der Waals surface area contributed by atoms with E-state index in [0.717, 1.165) is 12.1 Å². The van der Waals surface area contributed by atoms with Crippen LogP contribution in [0, 0.1) is 0 Å². The first-order valence-electron chi connectivity index (χ1n) is 11.3. The summed E-state index contributed by atoms with van der Waals surface area (Å²) in [6, 6.07) is 7.48. The Morgan fingerprint density at radius 3 is 1.84 bits per heavy atom. The fraction of sp³-hybridized carbons (Fsp3) is 0.696. The van der Waals surface area contributed by atoms with Gasteiger partial charge in [-0.05, 0) is 44.1 Å². The summed E-state index contributed by atoms with van der Waals surface area (Å²) in [5.41, 5.74) is 0.483. The Balaban J connectivity index is 2.76. The zero-order valence-electron chi connectivity index (χ0n) is 20.9. The average Bonchev–Trinajstić information content (AvgIpc) is 2.67. The third kappa shape index (κ3) is 11.7. The molecule has 0 aliphatic carbocycles. The third-order valence-electron chi connectivity index (χ3n) is 4.83. The highest BCUT2D eigenvalue weighted by Crippen LogP contribution is 2.26. The maximum absolute atomic E-state index is 13.0. The van der Waals surface area contributed by atoms with E-state index in [4.69, 9.17) is 18.9 Å². The molecule has 0 heterocycles. The SMILES string of the molecule is CCN(CC)C(=O)c1cc(OCOCC[Si](C)(C)C)ccc1OCOCC[Si](C)(C)C. The number of carbonyl (C=O) groups is 1. The fourth-order valence-electron chi connectivity index (χ4n) is 2.66. The number of hydrogen-bond donors (Lipinski definition) is 0. The largest absolute Gasteiger partial charge is 0.468 e. The van der Waals surface area contributed by atoms with Gasteiger partial charge in [0.05, 0.1) is 5.56 Å². The predicted molar refractivity (Wildman–Crippen MR) is 133 cm³/mol. The molecule has 0 radical (unpaired) electrons. The van der Waals surface area contributed by atoms with Crippen molar-refractivity contribution < 1.29 is 23.7 Å². The quantitative estimate of drug-likeness (QED) is 0.191. The summed E-state index contributed by atoms with van der Waals surface area (Å²) in [5.74, 6) is 1.03. The van der Waals surface area contributed by atoms with Crippen molar-refractivity contribution in [3.63, 3.8) is 0 Å². The maximum Gasteiger partial charge on any atom is 0.257 e. The van der Waals surface area contributed by atoms with Gasteiger partial charge in [-0.3, -0.25) is 4.79 Å². The van der Waals surface area contributed by atoms with Gasteiger partial charge in [0.15, 0.2) is 13.6 Å². The minimum Gasteiger partial charge on any atom is -0.468 e. The van der Waals surface area contributed by atoms with Crippen molar-refractivity contribution in [1.29, 1.82) is 0 Å². The van der Waals surface area contributed by atoms with Crippen LogP contribution in [-0.2, 0) is 9.47 Å². The molecule has 0 N–H and O–H groups in total. The minimum absolute atomic E-state index is 0.0767. The summed E-state index contributed by atoms with van der Waals surface area (Å²) < 4.78 is 22.8. The lowest BCUT2D eigenvalue weighted by Gasteiger charge is -2.21. The Morgan fingerprint density at radius 1 is 0.839 bits per heavy atom. The lowest BCUT2D eigenvalue weighted by atomic mass is 10.1. The lowest BCUT2D eigenvalue weighted by molar-refractivity contribution is 0.0189. The molecule has 31 heavy (non-hydrogen) atoms. The number of amides is 1. The monoisotopic (exact) mass is 469 g/mol. The van der Waals surface area contributed by atoms with Gasteiger partial charge in [-0.15, -0.1) is 0 Å². The normalized spacial score (nSPS) is 12.0. The summed E-state index contributed by atoms with van der Waals surface area (Å²) in [5, 5.41) is 0. The van der Waals surface area contributed by atoms with Crippen LogP contribution in [-0.4, -0.2) is 66.8 Å². The molecule has 0 aliphatic rings. The van der Waals surface area contributed by atoms with Crippen LogP contribution in [0.3, 0.4) is 0 Å². The highest BCUT2D eigenvalue weighted by atomic mass is 28.3. The van der Waals surface area contributed by atoms with Gasteiger partial charge in [-0.1, -0.05) is 39.3 Å². The van der Waals surface area contributed by atoms with Crippen molar-refractivity contribution in [2.24, 2.45) is 0 Å². The van der Waals surface area contributed by atoms with E-state index < -0.39 is 16.1 Å². The number of carbonyl (C=O) groups excluding carboxylic acids is 1. The first kappa shape index (κ1) is 27.7. The second kappa shape index (κ2) is 13.3. The molecule has 0 saturated carbocycles. The smallest absolute Gasteiger partial charge is 0.257 e. The molecule has 0 unspecified atom stereocenters. The third-order valence-corrected chi connectivity index (χ3v) is 8.24. The van der Waals surface area contributed by atoms with Crippen molar-refractivity contribution in [1.82, 2.24) is 4.90 Å². The standard InChI is InChI=1S/C23H43NO5Si2/c1-9-24(10-2)23(25)21-17-20(28-18-26-13-15-30(3,4)5)11-12-22(21)29-19-27-14-16-31(6,7)8/h11-12,17H,9-10,13-16,18-19H2,1-8H3.